The van der Waals surface area contributed by atoms with Crippen LogP contribution in [0.15, 0.2) is 36.8 Å². The number of halogens is 3. The number of amides is 1. The molecule has 1 amide bonds. The third-order valence-corrected chi connectivity index (χ3v) is 6.27. The standard InChI is InChI=1S/C23H24Cl2FN5O2/c1-13(21-18(24)3-4-19(26)22(21)25)33-20-9-15(10-28-23(20)30-14(2)32)16-11-29-31(12-16)17-5-7-27-8-6-17/h3-4,9-13,17,27H,5-8H2,1-2H3,(H,28,30,32)/t13-/m1/s1. The number of pyridine rings is 1. The molecule has 0 spiro atoms. The van der Waals surface area contributed by atoms with Crippen molar-refractivity contribution in [1.29, 1.82) is 0 Å². The number of hydrogen-bond acceptors (Lipinski definition) is 5. The number of nitrogens with one attached hydrogen (secondary N) is 2. The van der Waals surface area contributed by atoms with Crippen molar-refractivity contribution in [2.45, 2.75) is 38.8 Å². The predicted octanol–water partition coefficient (Wildman–Crippen LogP) is 5.41. The summed E-state index contributed by atoms with van der Waals surface area (Å²) >= 11 is 12.4. The quantitative estimate of drug-likeness (QED) is 0.450. The number of ether oxygens (including phenoxy) is 1. The highest BCUT2D eigenvalue weighted by atomic mass is 35.5. The minimum absolute atomic E-state index is 0.108. The highest BCUT2D eigenvalue weighted by Gasteiger charge is 2.22. The van der Waals surface area contributed by atoms with Crippen LogP contribution in [0.5, 0.6) is 5.75 Å². The molecule has 7 nitrogen and oxygen atoms in total. The van der Waals surface area contributed by atoms with Crippen LogP contribution < -0.4 is 15.4 Å². The van der Waals surface area contributed by atoms with E-state index >= 15 is 0 Å². The molecule has 10 heteroatoms. The van der Waals surface area contributed by atoms with Crippen molar-refractivity contribution in [3.63, 3.8) is 0 Å². The topological polar surface area (TPSA) is 81.1 Å². The molecule has 2 N–H and O–H groups in total. The van der Waals surface area contributed by atoms with E-state index in [4.69, 9.17) is 27.9 Å². The van der Waals surface area contributed by atoms with Gasteiger partial charge in [0.2, 0.25) is 5.91 Å². The molecule has 1 aliphatic heterocycles. The third kappa shape index (κ3) is 5.29. The summed E-state index contributed by atoms with van der Waals surface area (Å²) in [6.07, 6.45) is 6.74. The summed E-state index contributed by atoms with van der Waals surface area (Å²) in [5.74, 6) is -0.340. The SMILES string of the molecule is CC(=O)Nc1ncc(-c2cnn(C3CCNCC3)c2)cc1O[C@H](C)c1c(Cl)ccc(F)c1Cl. The zero-order chi connectivity index (χ0) is 23.5. The number of aromatic nitrogens is 3. The van der Waals surface area contributed by atoms with Gasteiger partial charge in [-0.2, -0.15) is 5.10 Å². The van der Waals surface area contributed by atoms with Crippen molar-refractivity contribution < 1.29 is 13.9 Å². The van der Waals surface area contributed by atoms with Crippen LogP contribution in [0.4, 0.5) is 10.2 Å². The second kappa shape index (κ2) is 10.1. The van der Waals surface area contributed by atoms with Crippen LogP contribution in [0, 0.1) is 5.82 Å². The Kier molecular flexibility index (Phi) is 7.17. The molecular formula is C23H24Cl2FN5O2. The van der Waals surface area contributed by atoms with E-state index < -0.39 is 11.9 Å². The van der Waals surface area contributed by atoms with Crippen molar-refractivity contribution in [2.24, 2.45) is 0 Å². The number of rotatable bonds is 6. The summed E-state index contributed by atoms with van der Waals surface area (Å²) in [5, 5.41) is 10.7. The zero-order valence-electron chi connectivity index (χ0n) is 18.2. The Morgan fingerprint density at radius 3 is 2.76 bits per heavy atom. The van der Waals surface area contributed by atoms with Gasteiger partial charge in [-0.05, 0) is 51.1 Å². The van der Waals surface area contributed by atoms with Crippen LogP contribution >= 0.6 is 23.2 Å². The van der Waals surface area contributed by atoms with E-state index in [1.807, 2.05) is 10.9 Å². The van der Waals surface area contributed by atoms with Gasteiger partial charge in [0.1, 0.15) is 11.9 Å². The predicted molar refractivity (Wildman–Crippen MR) is 126 cm³/mol. The molecule has 2 aromatic heterocycles. The number of nitrogens with zero attached hydrogens (tertiary/aromatic N) is 3. The highest BCUT2D eigenvalue weighted by Crippen LogP contribution is 2.37. The summed E-state index contributed by atoms with van der Waals surface area (Å²) in [4.78, 5) is 16.1. The lowest BCUT2D eigenvalue weighted by molar-refractivity contribution is -0.114. The molecule has 3 heterocycles. The van der Waals surface area contributed by atoms with Crippen molar-refractivity contribution in [2.75, 3.05) is 18.4 Å². The van der Waals surface area contributed by atoms with Crippen LogP contribution in [0.1, 0.15) is 44.4 Å². The molecule has 1 atom stereocenters. The van der Waals surface area contributed by atoms with Gasteiger partial charge in [0.15, 0.2) is 11.6 Å². The summed E-state index contributed by atoms with van der Waals surface area (Å²) in [7, 11) is 0. The molecular weight excluding hydrogens is 468 g/mol. The molecule has 1 aliphatic rings. The van der Waals surface area contributed by atoms with Crippen molar-refractivity contribution in [3.8, 4) is 16.9 Å². The van der Waals surface area contributed by atoms with Gasteiger partial charge in [-0.25, -0.2) is 9.37 Å². The maximum absolute atomic E-state index is 14.0. The first-order valence-corrected chi connectivity index (χ1v) is 11.4. The van der Waals surface area contributed by atoms with Crippen LogP contribution in [0.3, 0.4) is 0 Å². The van der Waals surface area contributed by atoms with Gasteiger partial charge >= 0.3 is 0 Å². The lowest BCUT2D eigenvalue weighted by Crippen LogP contribution is -2.29. The van der Waals surface area contributed by atoms with E-state index in [1.165, 1.54) is 19.1 Å². The molecule has 0 saturated carbocycles. The number of hydrogen-bond donors (Lipinski definition) is 2. The fourth-order valence-electron chi connectivity index (χ4n) is 3.88. The Labute approximate surface area is 201 Å². The normalized spacial score (nSPS) is 15.3. The average molecular weight is 492 g/mol. The minimum atomic E-state index is -0.706. The van der Waals surface area contributed by atoms with Gasteiger partial charge in [0.25, 0.3) is 0 Å². The second-order valence-electron chi connectivity index (χ2n) is 7.96. The van der Waals surface area contributed by atoms with Crippen molar-refractivity contribution in [1.82, 2.24) is 20.1 Å². The molecule has 33 heavy (non-hydrogen) atoms. The number of piperidine rings is 1. The summed E-state index contributed by atoms with van der Waals surface area (Å²) in [6.45, 7) is 5.01. The molecule has 1 fully saturated rings. The molecule has 3 aromatic rings. The molecule has 0 bridgehead atoms. The Hall–Kier alpha value is -2.68. The number of carbonyl (C=O) groups is 1. The van der Waals surface area contributed by atoms with Crippen molar-refractivity contribution >= 4 is 34.9 Å². The maximum Gasteiger partial charge on any atom is 0.222 e. The van der Waals surface area contributed by atoms with Crippen LogP contribution in [-0.2, 0) is 4.79 Å². The first kappa shape index (κ1) is 23.5. The van der Waals surface area contributed by atoms with E-state index in [0.29, 0.717) is 17.4 Å². The van der Waals surface area contributed by atoms with Crippen LogP contribution in [-0.4, -0.2) is 33.8 Å². The first-order valence-electron chi connectivity index (χ1n) is 10.7. The molecule has 1 aromatic carbocycles. The van der Waals surface area contributed by atoms with Crippen molar-refractivity contribution in [3.05, 3.63) is 58.2 Å². The molecule has 4 rings (SSSR count). The van der Waals surface area contributed by atoms with Gasteiger partial charge in [0.05, 0.1) is 17.3 Å². The lowest BCUT2D eigenvalue weighted by Gasteiger charge is -2.22. The maximum atomic E-state index is 14.0. The molecule has 0 radical (unpaired) electrons. The monoisotopic (exact) mass is 491 g/mol. The van der Waals surface area contributed by atoms with Crippen LogP contribution in [0.2, 0.25) is 10.0 Å². The fraction of sp³-hybridized carbons (Fsp3) is 0.348. The molecule has 0 aliphatic carbocycles. The number of carbonyl (C=O) groups excluding carboxylic acids is 1. The summed E-state index contributed by atoms with van der Waals surface area (Å²) < 4.78 is 22.1. The Balaban J connectivity index is 1.65. The van der Waals surface area contributed by atoms with Gasteiger partial charge in [-0.15, -0.1) is 0 Å². The zero-order valence-corrected chi connectivity index (χ0v) is 19.8. The Morgan fingerprint density at radius 2 is 2.03 bits per heavy atom. The van der Waals surface area contributed by atoms with Gasteiger partial charge in [-0.1, -0.05) is 23.2 Å². The average Bonchev–Trinajstić information content (AvgIpc) is 3.28. The minimum Gasteiger partial charge on any atom is -0.482 e. The summed E-state index contributed by atoms with van der Waals surface area (Å²) in [5.41, 5.74) is 1.95. The second-order valence-corrected chi connectivity index (χ2v) is 8.74. The lowest BCUT2D eigenvalue weighted by atomic mass is 10.1. The number of benzene rings is 1. The highest BCUT2D eigenvalue weighted by molar-refractivity contribution is 6.36. The Bertz CT molecular complexity index is 1160. The molecule has 0 unspecified atom stereocenters. The first-order chi connectivity index (χ1) is 15.8. The van der Waals surface area contributed by atoms with Gasteiger partial charge in [0, 0.05) is 41.0 Å². The van der Waals surface area contributed by atoms with E-state index in [1.54, 1.807) is 25.4 Å². The fourth-order valence-corrected chi connectivity index (χ4v) is 4.55. The molecule has 1 saturated heterocycles. The number of anilines is 1. The van der Waals surface area contributed by atoms with Gasteiger partial charge in [-0.3, -0.25) is 9.48 Å². The smallest absolute Gasteiger partial charge is 0.222 e. The van der Waals surface area contributed by atoms with Gasteiger partial charge < -0.3 is 15.4 Å². The molecule has 174 valence electrons. The third-order valence-electron chi connectivity index (χ3n) is 5.55. The summed E-state index contributed by atoms with van der Waals surface area (Å²) in [6, 6.07) is 4.74. The van der Waals surface area contributed by atoms with Crippen LogP contribution in [0.25, 0.3) is 11.1 Å². The van der Waals surface area contributed by atoms with E-state index in [0.717, 1.165) is 37.1 Å². The van der Waals surface area contributed by atoms with E-state index in [-0.39, 0.29) is 21.8 Å². The van der Waals surface area contributed by atoms with E-state index in [9.17, 15) is 9.18 Å². The van der Waals surface area contributed by atoms with E-state index in [2.05, 4.69) is 20.7 Å². The largest absolute Gasteiger partial charge is 0.482 e. The Morgan fingerprint density at radius 1 is 1.27 bits per heavy atom.